The lowest BCUT2D eigenvalue weighted by molar-refractivity contribution is -0.118. The van der Waals surface area contributed by atoms with E-state index in [1.165, 1.54) is 17.0 Å². The quantitative estimate of drug-likeness (QED) is 0.622. The highest BCUT2D eigenvalue weighted by molar-refractivity contribution is 6.00. The van der Waals surface area contributed by atoms with Crippen LogP contribution < -0.4 is 14.8 Å². The maximum Gasteiger partial charge on any atom is 0.262 e. The number of likely N-dealkylation sites (tertiary alicyclic amines) is 1. The maximum absolute atomic E-state index is 14.6. The third-order valence-corrected chi connectivity index (χ3v) is 6.13. The Morgan fingerprint density at radius 2 is 2.03 bits per heavy atom. The molecular formula is C24H22F2N4O4. The van der Waals surface area contributed by atoms with E-state index in [0.29, 0.717) is 18.7 Å². The molecule has 0 saturated carbocycles. The van der Waals surface area contributed by atoms with E-state index in [0.717, 1.165) is 17.3 Å². The number of halogens is 2. The number of carbonyl (C=O) groups is 2. The summed E-state index contributed by atoms with van der Waals surface area (Å²) in [5.74, 6) is -1.73. The molecule has 0 radical (unpaired) electrons. The van der Waals surface area contributed by atoms with Crippen LogP contribution in [0.15, 0.2) is 36.5 Å². The Bertz CT molecular complexity index is 1300. The maximum atomic E-state index is 14.6. The summed E-state index contributed by atoms with van der Waals surface area (Å²) >= 11 is 0. The van der Waals surface area contributed by atoms with Gasteiger partial charge in [-0.3, -0.25) is 14.3 Å². The minimum Gasteiger partial charge on any atom is -0.490 e. The Morgan fingerprint density at radius 3 is 2.74 bits per heavy atom. The molecule has 8 nitrogen and oxygen atoms in total. The van der Waals surface area contributed by atoms with E-state index >= 15 is 0 Å². The van der Waals surface area contributed by atoms with E-state index in [-0.39, 0.29) is 47.8 Å². The average molecular weight is 468 g/mol. The fourth-order valence-corrected chi connectivity index (χ4v) is 4.05. The number of hydrogen-bond acceptors (Lipinski definition) is 5. The fourth-order valence-electron chi connectivity index (χ4n) is 4.05. The van der Waals surface area contributed by atoms with Crippen LogP contribution in [0.1, 0.15) is 16.1 Å². The number of aromatic nitrogens is 2. The van der Waals surface area contributed by atoms with E-state index in [9.17, 15) is 18.4 Å². The molecular weight excluding hydrogens is 446 g/mol. The number of fused-ring (bicyclic) bond motifs is 1. The van der Waals surface area contributed by atoms with Crippen LogP contribution >= 0.6 is 0 Å². The highest BCUT2D eigenvalue weighted by atomic mass is 19.1. The number of carbonyl (C=O) groups excluding carboxylic acids is 2. The van der Waals surface area contributed by atoms with Crippen molar-refractivity contribution in [2.75, 3.05) is 31.6 Å². The molecule has 3 heterocycles. The number of benzene rings is 2. The number of hydrogen-bond donors (Lipinski definition) is 1. The van der Waals surface area contributed by atoms with Gasteiger partial charge in [-0.2, -0.15) is 5.10 Å². The molecule has 2 aromatic carbocycles. The Morgan fingerprint density at radius 1 is 1.24 bits per heavy atom. The molecule has 0 aliphatic carbocycles. The molecule has 34 heavy (non-hydrogen) atoms. The van der Waals surface area contributed by atoms with E-state index in [2.05, 4.69) is 10.4 Å². The smallest absolute Gasteiger partial charge is 0.262 e. The van der Waals surface area contributed by atoms with Gasteiger partial charge in [-0.05, 0) is 30.7 Å². The second-order valence-corrected chi connectivity index (χ2v) is 8.46. The van der Waals surface area contributed by atoms with Crippen LogP contribution in [0.25, 0.3) is 11.1 Å². The molecule has 1 N–H and O–H groups in total. The zero-order valence-corrected chi connectivity index (χ0v) is 18.6. The summed E-state index contributed by atoms with van der Waals surface area (Å²) in [5.41, 5.74) is 2.61. The number of aryl methyl sites for hydroxylation is 1. The van der Waals surface area contributed by atoms with Crippen molar-refractivity contribution >= 4 is 17.5 Å². The molecule has 0 bridgehead atoms. The van der Waals surface area contributed by atoms with Gasteiger partial charge >= 0.3 is 0 Å². The third kappa shape index (κ3) is 3.95. The Labute approximate surface area is 194 Å². The highest BCUT2D eigenvalue weighted by Gasteiger charge is 2.34. The SMILES string of the molecule is Cc1c(-c2ccc(OCC3CN(C(=O)c4cc5c(cc4F)OCC(=O)N5)C3)c(F)c2)cnn1C. The van der Waals surface area contributed by atoms with Gasteiger partial charge in [0.15, 0.2) is 18.2 Å². The molecule has 10 heteroatoms. The molecule has 1 saturated heterocycles. The molecule has 2 aliphatic heterocycles. The van der Waals surface area contributed by atoms with Crippen molar-refractivity contribution < 1.29 is 27.8 Å². The number of nitrogens with one attached hydrogen (secondary N) is 1. The third-order valence-electron chi connectivity index (χ3n) is 6.13. The van der Waals surface area contributed by atoms with E-state index < -0.39 is 17.5 Å². The van der Waals surface area contributed by atoms with Gasteiger partial charge in [0.25, 0.3) is 11.8 Å². The average Bonchev–Trinajstić information content (AvgIpc) is 3.11. The number of ether oxygens (including phenoxy) is 2. The minimum absolute atomic E-state index is 0.00711. The summed E-state index contributed by atoms with van der Waals surface area (Å²) in [6, 6.07) is 7.16. The molecule has 5 rings (SSSR count). The molecule has 0 spiro atoms. The van der Waals surface area contributed by atoms with Crippen LogP contribution in [-0.4, -0.2) is 52.8 Å². The molecule has 176 valence electrons. The number of nitrogens with zero attached hydrogens (tertiary/aromatic N) is 3. The van der Waals surface area contributed by atoms with Gasteiger partial charge in [-0.1, -0.05) is 6.07 Å². The van der Waals surface area contributed by atoms with Crippen molar-refractivity contribution in [2.45, 2.75) is 6.92 Å². The second kappa shape index (κ2) is 8.44. The Balaban J connectivity index is 1.18. The first-order valence-electron chi connectivity index (χ1n) is 10.8. The molecule has 3 aromatic rings. The van der Waals surface area contributed by atoms with E-state index in [1.54, 1.807) is 23.0 Å². The second-order valence-electron chi connectivity index (χ2n) is 8.46. The zero-order valence-electron chi connectivity index (χ0n) is 18.6. The van der Waals surface area contributed by atoms with Crippen LogP contribution in [-0.2, 0) is 11.8 Å². The summed E-state index contributed by atoms with van der Waals surface area (Å²) in [5, 5.41) is 6.75. The van der Waals surface area contributed by atoms with Crippen molar-refractivity contribution in [3.05, 3.63) is 59.4 Å². The van der Waals surface area contributed by atoms with Crippen molar-refractivity contribution in [2.24, 2.45) is 13.0 Å². The summed E-state index contributed by atoms with van der Waals surface area (Å²) in [6.45, 7) is 2.65. The molecule has 1 aromatic heterocycles. The van der Waals surface area contributed by atoms with Crippen molar-refractivity contribution in [3.8, 4) is 22.6 Å². The van der Waals surface area contributed by atoms with Crippen molar-refractivity contribution in [1.29, 1.82) is 0 Å². The van der Waals surface area contributed by atoms with Crippen molar-refractivity contribution in [3.63, 3.8) is 0 Å². The monoisotopic (exact) mass is 468 g/mol. The lowest BCUT2D eigenvalue weighted by Gasteiger charge is -2.39. The molecule has 0 atom stereocenters. The first kappa shape index (κ1) is 21.9. The van der Waals surface area contributed by atoms with Crippen LogP contribution in [0.3, 0.4) is 0 Å². The zero-order chi connectivity index (χ0) is 24.0. The Kier molecular flexibility index (Phi) is 5.43. The largest absolute Gasteiger partial charge is 0.490 e. The standard InChI is InChI=1S/C24H22F2N4O4/c1-13-17(8-27-29(13)2)15-3-4-21(19(26)5-15)33-11-14-9-30(10-14)24(32)16-6-20-22(7-18(16)25)34-12-23(31)28-20/h3-8,14H,9-12H2,1-2H3,(H,28,31). The molecule has 0 unspecified atom stereocenters. The fraction of sp³-hybridized carbons (Fsp3) is 0.292. The van der Waals surface area contributed by atoms with Crippen LogP contribution in [0.5, 0.6) is 11.5 Å². The Hall–Kier alpha value is -3.95. The predicted molar refractivity (Wildman–Crippen MR) is 119 cm³/mol. The molecule has 1 fully saturated rings. The van der Waals surface area contributed by atoms with Crippen LogP contribution in [0, 0.1) is 24.5 Å². The predicted octanol–water partition coefficient (Wildman–Crippen LogP) is 3.16. The van der Waals surface area contributed by atoms with Gasteiger partial charge in [-0.15, -0.1) is 0 Å². The summed E-state index contributed by atoms with van der Waals surface area (Å²) in [4.78, 5) is 25.7. The molecule has 2 amide bonds. The topological polar surface area (TPSA) is 85.7 Å². The first-order chi connectivity index (χ1) is 16.3. The first-order valence-corrected chi connectivity index (χ1v) is 10.8. The van der Waals surface area contributed by atoms with Crippen molar-refractivity contribution in [1.82, 2.24) is 14.7 Å². The number of rotatable bonds is 5. The van der Waals surface area contributed by atoms with Gasteiger partial charge in [-0.25, -0.2) is 8.78 Å². The summed E-state index contributed by atoms with van der Waals surface area (Å²) < 4.78 is 41.5. The highest BCUT2D eigenvalue weighted by Crippen LogP contribution is 2.32. The van der Waals surface area contributed by atoms with E-state index in [4.69, 9.17) is 9.47 Å². The van der Waals surface area contributed by atoms with Gasteiger partial charge in [0, 0.05) is 43.4 Å². The van der Waals surface area contributed by atoms with Gasteiger partial charge in [0.2, 0.25) is 0 Å². The lowest BCUT2D eigenvalue weighted by Crippen LogP contribution is -2.52. The summed E-state index contributed by atoms with van der Waals surface area (Å²) in [6.07, 6.45) is 1.69. The number of anilines is 1. The lowest BCUT2D eigenvalue weighted by atomic mass is 9.99. The van der Waals surface area contributed by atoms with Gasteiger partial charge in [0.05, 0.1) is 24.1 Å². The minimum atomic E-state index is -0.717. The molecule has 2 aliphatic rings. The van der Waals surface area contributed by atoms with E-state index in [1.807, 2.05) is 14.0 Å². The normalized spacial score (nSPS) is 15.3. The van der Waals surface area contributed by atoms with Crippen LogP contribution in [0.4, 0.5) is 14.5 Å². The van der Waals surface area contributed by atoms with Gasteiger partial charge in [0.1, 0.15) is 11.6 Å². The summed E-state index contributed by atoms with van der Waals surface area (Å²) in [7, 11) is 1.82. The van der Waals surface area contributed by atoms with Crippen LogP contribution in [0.2, 0.25) is 0 Å². The number of amides is 2. The van der Waals surface area contributed by atoms with Gasteiger partial charge < -0.3 is 19.7 Å².